The van der Waals surface area contributed by atoms with E-state index in [1.807, 2.05) is 68.6 Å². The molecule has 0 bridgehead atoms. The molecule has 3 rings (SSSR count). The Morgan fingerprint density at radius 1 is 1.29 bits per heavy atom. The average Bonchev–Trinajstić information content (AvgIpc) is 3.18. The predicted molar refractivity (Wildman–Crippen MR) is 119 cm³/mol. The summed E-state index contributed by atoms with van der Waals surface area (Å²) in [4.78, 5) is 35.7. The lowest BCUT2D eigenvalue weighted by atomic mass is 9.92. The van der Waals surface area contributed by atoms with Crippen molar-refractivity contribution < 1.29 is 14.3 Å². The minimum Gasteiger partial charge on any atom is -0.444 e. The van der Waals surface area contributed by atoms with Crippen LogP contribution in [0, 0.1) is 5.41 Å². The predicted octanol–water partition coefficient (Wildman–Crippen LogP) is 2.66. The molecule has 1 saturated carbocycles. The molecule has 8 heteroatoms. The third kappa shape index (κ3) is 5.87. The van der Waals surface area contributed by atoms with Gasteiger partial charge in [-0.25, -0.2) is 9.78 Å². The minimum absolute atomic E-state index is 0.0290. The summed E-state index contributed by atoms with van der Waals surface area (Å²) in [6.45, 7) is 8.23. The van der Waals surface area contributed by atoms with Crippen molar-refractivity contribution in [1.29, 1.82) is 0 Å². The number of carbonyl (C=O) groups is 2. The molecule has 2 heterocycles. The number of nitrogens with zero attached hydrogens (tertiary/aromatic N) is 5. The Hall–Kier alpha value is -2.35. The molecule has 31 heavy (non-hydrogen) atoms. The standard InChI is InChI=1S/C23H37N5O3/c1-22(2,3)31-21(30)27-13-9-23(10-14-27)16-18(23)28(17-19-24-11-15-26(19)6)20(29)8-7-12-25(4)5/h7-8,11,15,18H,9-10,12-14,16-17H2,1-6H3/b8-7+. The third-order valence-electron chi connectivity index (χ3n) is 6.18. The van der Waals surface area contributed by atoms with Crippen molar-refractivity contribution in [2.24, 2.45) is 12.5 Å². The van der Waals surface area contributed by atoms with E-state index < -0.39 is 5.60 Å². The maximum atomic E-state index is 13.1. The number of amides is 2. The lowest BCUT2D eigenvalue weighted by molar-refractivity contribution is -0.128. The van der Waals surface area contributed by atoms with Crippen molar-refractivity contribution in [3.63, 3.8) is 0 Å². The van der Waals surface area contributed by atoms with Gasteiger partial charge in [-0.3, -0.25) is 4.79 Å². The van der Waals surface area contributed by atoms with Gasteiger partial charge in [-0.1, -0.05) is 6.08 Å². The molecule has 1 aliphatic heterocycles. The Bertz CT molecular complexity index is 815. The van der Waals surface area contributed by atoms with Gasteiger partial charge < -0.3 is 24.0 Å². The fraction of sp³-hybridized carbons (Fsp3) is 0.696. The molecule has 172 valence electrons. The fourth-order valence-corrected chi connectivity index (χ4v) is 4.27. The number of piperidine rings is 1. The molecular formula is C23H37N5O3. The highest BCUT2D eigenvalue weighted by molar-refractivity contribution is 5.88. The van der Waals surface area contributed by atoms with Crippen LogP contribution in [0.4, 0.5) is 4.79 Å². The number of carbonyl (C=O) groups excluding carboxylic acids is 2. The van der Waals surface area contributed by atoms with E-state index in [0.29, 0.717) is 19.6 Å². The van der Waals surface area contributed by atoms with Gasteiger partial charge in [0.05, 0.1) is 6.54 Å². The van der Waals surface area contributed by atoms with Crippen LogP contribution in [-0.2, 0) is 23.1 Å². The first-order chi connectivity index (χ1) is 14.5. The number of aryl methyl sites for hydroxylation is 1. The van der Waals surface area contributed by atoms with Crippen molar-refractivity contribution in [3.8, 4) is 0 Å². The normalized spacial score (nSPS) is 20.5. The van der Waals surface area contributed by atoms with Gasteiger partial charge in [-0.15, -0.1) is 0 Å². The summed E-state index contributed by atoms with van der Waals surface area (Å²) in [6.07, 6.45) is 9.78. The highest BCUT2D eigenvalue weighted by Crippen LogP contribution is 2.57. The summed E-state index contributed by atoms with van der Waals surface area (Å²) in [5.41, 5.74) is -0.396. The summed E-state index contributed by atoms with van der Waals surface area (Å²) < 4.78 is 7.49. The van der Waals surface area contributed by atoms with E-state index in [0.717, 1.165) is 31.6 Å². The van der Waals surface area contributed by atoms with Gasteiger partial charge in [0.2, 0.25) is 5.91 Å². The molecule has 0 aromatic carbocycles. The van der Waals surface area contributed by atoms with E-state index >= 15 is 0 Å². The Morgan fingerprint density at radius 2 is 1.97 bits per heavy atom. The molecule has 1 aliphatic carbocycles. The second-order valence-corrected chi connectivity index (χ2v) is 10.1. The number of ether oxygens (including phenoxy) is 1. The third-order valence-corrected chi connectivity index (χ3v) is 6.18. The number of rotatable bonds is 6. The quantitative estimate of drug-likeness (QED) is 0.648. The Balaban J connectivity index is 1.66. The van der Waals surface area contributed by atoms with E-state index in [1.165, 1.54) is 0 Å². The summed E-state index contributed by atoms with van der Waals surface area (Å²) in [5, 5.41) is 0. The van der Waals surface area contributed by atoms with Crippen molar-refractivity contribution in [2.75, 3.05) is 33.7 Å². The van der Waals surface area contributed by atoms with Gasteiger partial charge in [-0.05, 0) is 59.5 Å². The van der Waals surface area contributed by atoms with Gasteiger partial charge in [0.25, 0.3) is 0 Å². The van der Waals surface area contributed by atoms with Crippen LogP contribution in [0.1, 0.15) is 45.9 Å². The van der Waals surface area contributed by atoms with Gasteiger partial charge in [0, 0.05) is 51.2 Å². The molecule has 1 atom stereocenters. The van der Waals surface area contributed by atoms with Crippen LogP contribution in [0.3, 0.4) is 0 Å². The zero-order chi connectivity index (χ0) is 22.8. The molecule has 1 aromatic rings. The largest absolute Gasteiger partial charge is 0.444 e. The summed E-state index contributed by atoms with van der Waals surface area (Å²) >= 11 is 0. The molecule has 1 aromatic heterocycles. The van der Waals surface area contributed by atoms with Crippen LogP contribution in [0.2, 0.25) is 0 Å². The molecule has 2 aliphatic rings. The molecule has 0 N–H and O–H groups in total. The van der Waals surface area contributed by atoms with E-state index in [2.05, 4.69) is 4.98 Å². The Kier molecular flexibility index (Phi) is 6.79. The van der Waals surface area contributed by atoms with E-state index in [9.17, 15) is 9.59 Å². The number of likely N-dealkylation sites (N-methyl/N-ethyl adjacent to an activating group) is 1. The molecule has 1 saturated heterocycles. The van der Waals surface area contributed by atoms with Crippen molar-refractivity contribution in [3.05, 3.63) is 30.4 Å². The number of aromatic nitrogens is 2. The molecule has 1 spiro atoms. The second kappa shape index (κ2) is 9.02. The van der Waals surface area contributed by atoms with E-state index in [-0.39, 0.29) is 23.5 Å². The lowest BCUT2D eigenvalue weighted by Crippen LogP contribution is -2.44. The van der Waals surface area contributed by atoms with Crippen LogP contribution >= 0.6 is 0 Å². The summed E-state index contributed by atoms with van der Waals surface area (Å²) in [6, 6.07) is 0.182. The number of imidazole rings is 1. The average molecular weight is 432 g/mol. The number of hydrogen-bond acceptors (Lipinski definition) is 5. The van der Waals surface area contributed by atoms with E-state index in [1.54, 1.807) is 17.2 Å². The van der Waals surface area contributed by atoms with Gasteiger partial charge >= 0.3 is 6.09 Å². The van der Waals surface area contributed by atoms with Gasteiger partial charge in [-0.2, -0.15) is 0 Å². The van der Waals surface area contributed by atoms with Crippen LogP contribution in [0.15, 0.2) is 24.5 Å². The molecule has 2 fully saturated rings. The highest BCUT2D eigenvalue weighted by Gasteiger charge is 2.59. The monoisotopic (exact) mass is 431 g/mol. The maximum Gasteiger partial charge on any atom is 0.410 e. The first-order valence-electron chi connectivity index (χ1n) is 11.1. The summed E-state index contributed by atoms with van der Waals surface area (Å²) in [5.74, 6) is 0.906. The number of likely N-dealkylation sites (tertiary alicyclic amines) is 1. The first kappa shape index (κ1) is 23.3. The molecular weight excluding hydrogens is 394 g/mol. The minimum atomic E-state index is -0.488. The van der Waals surface area contributed by atoms with Crippen LogP contribution in [0.25, 0.3) is 0 Å². The summed E-state index contributed by atoms with van der Waals surface area (Å²) in [7, 11) is 5.92. The van der Waals surface area contributed by atoms with Crippen LogP contribution in [0.5, 0.6) is 0 Å². The Labute approximate surface area is 185 Å². The smallest absolute Gasteiger partial charge is 0.410 e. The molecule has 0 radical (unpaired) electrons. The molecule has 2 amide bonds. The first-order valence-corrected chi connectivity index (χ1v) is 11.1. The topological polar surface area (TPSA) is 70.9 Å². The fourth-order valence-electron chi connectivity index (χ4n) is 4.27. The zero-order valence-electron chi connectivity index (χ0n) is 19.8. The second-order valence-electron chi connectivity index (χ2n) is 10.1. The van der Waals surface area contributed by atoms with Crippen molar-refractivity contribution >= 4 is 12.0 Å². The van der Waals surface area contributed by atoms with Gasteiger partial charge in [0.15, 0.2) is 0 Å². The highest BCUT2D eigenvalue weighted by atomic mass is 16.6. The maximum absolute atomic E-state index is 13.1. The lowest BCUT2D eigenvalue weighted by Gasteiger charge is -2.35. The molecule has 1 unspecified atom stereocenters. The van der Waals surface area contributed by atoms with Crippen LogP contribution < -0.4 is 0 Å². The van der Waals surface area contributed by atoms with Crippen LogP contribution in [-0.4, -0.2) is 81.6 Å². The van der Waals surface area contributed by atoms with Crippen molar-refractivity contribution in [1.82, 2.24) is 24.3 Å². The van der Waals surface area contributed by atoms with E-state index in [4.69, 9.17) is 4.74 Å². The number of hydrogen-bond donors (Lipinski definition) is 0. The zero-order valence-corrected chi connectivity index (χ0v) is 19.8. The van der Waals surface area contributed by atoms with Crippen molar-refractivity contribution in [2.45, 2.75) is 58.2 Å². The Morgan fingerprint density at radius 3 is 2.52 bits per heavy atom. The molecule has 8 nitrogen and oxygen atoms in total. The SMILES string of the molecule is CN(C)C/C=C/C(=O)N(Cc1nccn1C)C1CC12CCN(C(=O)OC(C)(C)C)CC2. The van der Waals surface area contributed by atoms with Gasteiger partial charge in [0.1, 0.15) is 11.4 Å².